The number of terminal acetylenes is 1. The van der Waals surface area contributed by atoms with E-state index >= 15 is 0 Å². The number of hydrogen-bond donors (Lipinski definition) is 2. The monoisotopic (exact) mass is 462 g/mol. The highest BCUT2D eigenvalue weighted by atomic mass is 16.5. The maximum absolute atomic E-state index is 13.1. The molecule has 2 aliphatic rings. The third-order valence-electron chi connectivity index (χ3n) is 5.89. The van der Waals surface area contributed by atoms with Crippen LogP contribution >= 0.6 is 0 Å². The molecule has 2 saturated heterocycles. The molecule has 0 aromatic heterocycles. The zero-order valence-electron chi connectivity index (χ0n) is 18.8. The van der Waals surface area contributed by atoms with Gasteiger partial charge in [-0.05, 0) is 48.5 Å². The molecule has 2 aromatic carbocycles. The number of rotatable bonds is 5. The van der Waals surface area contributed by atoms with Crippen LogP contribution in [0.3, 0.4) is 0 Å². The lowest BCUT2D eigenvalue weighted by atomic mass is 10.1. The fourth-order valence-electron chi connectivity index (χ4n) is 4.03. The fraction of sp³-hybridized carbons (Fsp3) is 0.320. The first-order chi connectivity index (χ1) is 16.5. The summed E-state index contributed by atoms with van der Waals surface area (Å²) in [6, 6.07) is 12.8. The molecule has 34 heavy (non-hydrogen) atoms. The number of ether oxygens (including phenoxy) is 2. The van der Waals surface area contributed by atoms with E-state index in [1.54, 1.807) is 60.5 Å². The van der Waals surface area contributed by atoms with Gasteiger partial charge in [0, 0.05) is 49.2 Å². The van der Waals surface area contributed by atoms with Crippen LogP contribution in [0.15, 0.2) is 48.5 Å². The van der Waals surface area contributed by atoms with Crippen LogP contribution in [0.1, 0.15) is 12.0 Å². The third kappa shape index (κ3) is 5.20. The van der Waals surface area contributed by atoms with E-state index in [9.17, 15) is 14.4 Å². The maximum Gasteiger partial charge on any atom is 0.322 e. The van der Waals surface area contributed by atoms with Crippen molar-refractivity contribution in [2.24, 2.45) is 0 Å². The zero-order chi connectivity index (χ0) is 24.1. The molecule has 2 N–H and O–H groups in total. The van der Waals surface area contributed by atoms with E-state index in [0.717, 1.165) is 5.69 Å². The van der Waals surface area contributed by atoms with Crippen molar-refractivity contribution in [3.8, 4) is 12.3 Å². The number of morpholine rings is 1. The molecule has 4 amide bonds. The molecule has 176 valence electrons. The van der Waals surface area contributed by atoms with Gasteiger partial charge in [-0.2, -0.15) is 0 Å². The Balaban J connectivity index is 1.42. The van der Waals surface area contributed by atoms with Gasteiger partial charge in [0.05, 0.1) is 12.7 Å². The number of methoxy groups -OCH3 is 1. The number of hydrogen-bond acceptors (Lipinski definition) is 5. The number of carbonyl (C=O) groups is 3. The minimum absolute atomic E-state index is 0.0623. The molecule has 0 bridgehead atoms. The zero-order valence-corrected chi connectivity index (χ0v) is 18.8. The predicted octanol–water partition coefficient (Wildman–Crippen LogP) is 2.29. The van der Waals surface area contributed by atoms with E-state index in [2.05, 4.69) is 16.6 Å². The molecule has 0 saturated carbocycles. The quantitative estimate of drug-likeness (QED) is 0.665. The first-order valence-electron chi connectivity index (χ1n) is 10.9. The summed E-state index contributed by atoms with van der Waals surface area (Å²) in [4.78, 5) is 41.2. The average Bonchev–Trinajstić information content (AvgIpc) is 3.30. The van der Waals surface area contributed by atoms with E-state index in [0.29, 0.717) is 43.1 Å². The Morgan fingerprint density at radius 3 is 2.41 bits per heavy atom. The van der Waals surface area contributed by atoms with Crippen molar-refractivity contribution in [3.63, 3.8) is 0 Å². The van der Waals surface area contributed by atoms with Gasteiger partial charge in [-0.25, -0.2) is 4.79 Å². The summed E-state index contributed by atoms with van der Waals surface area (Å²) in [5.74, 6) is 2.11. The number of likely N-dealkylation sites (tertiary alicyclic amines) is 1. The van der Waals surface area contributed by atoms with E-state index < -0.39 is 12.1 Å². The van der Waals surface area contributed by atoms with Crippen molar-refractivity contribution in [3.05, 3.63) is 54.1 Å². The van der Waals surface area contributed by atoms with Crippen LogP contribution in [0.25, 0.3) is 0 Å². The summed E-state index contributed by atoms with van der Waals surface area (Å²) < 4.78 is 10.6. The van der Waals surface area contributed by atoms with E-state index in [-0.39, 0.29) is 24.5 Å². The van der Waals surface area contributed by atoms with Gasteiger partial charge >= 0.3 is 6.03 Å². The van der Waals surface area contributed by atoms with E-state index in [1.165, 1.54) is 4.90 Å². The normalized spacial score (nSPS) is 20.1. The van der Waals surface area contributed by atoms with Crippen LogP contribution in [-0.4, -0.2) is 68.3 Å². The molecule has 9 nitrogen and oxygen atoms in total. The summed E-state index contributed by atoms with van der Waals surface area (Å²) in [7, 11) is 1.56. The van der Waals surface area contributed by atoms with E-state index in [4.69, 9.17) is 15.9 Å². The highest BCUT2D eigenvalue weighted by molar-refractivity contribution is 6.00. The van der Waals surface area contributed by atoms with Crippen molar-refractivity contribution in [1.29, 1.82) is 0 Å². The van der Waals surface area contributed by atoms with Gasteiger partial charge in [-0.1, -0.05) is 5.92 Å². The van der Waals surface area contributed by atoms with Gasteiger partial charge < -0.3 is 29.9 Å². The summed E-state index contributed by atoms with van der Waals surface area (Å²) in [5.41, 5.74) is 2.60. The molecule has 2 aromatic rings. The van der Waals surface area contributed by atoms with Crippen molar-refractivity contribution in [1.82, 2.24) is 4.90 Å². The van der Waals surface area contributed by atoms with Crippen molar-refractivity contribution < 1.29 is 23.9 Å². The standard InChI is InChI=1S/C25H26N4O5/c1-3-17-4-6-19(7-5-17)27-25(32)29-15-21(33-2)14-22(29)24(31)26-18-8-10-20(11-9-18)28-12-13-34-16-23(28)30/h1,4-11,21-22H,12-16H2,2H3,(H,26,31)(H,27,32). The predicted molar refractivity (Wildman–Crippen MR) is 128 cm³/mol. The van der Waals surface area contributed by atoms with Crippen LogP contribution < -0.4 is 15.5 Å². The smallest absolute Gasteiger partial charge is 0.322 e. The second kappa shape index (κ2) is 10.4. The molecule has 0 radical (unpaired) electrons. The second-order valence-electron chi connectivity index (χ2n) is 8.05. The highest BCUT2D eigenvalue weighted by Crippen LogP contribution is 2.24. The van der Waals surface area contributed by atoms with Crippen LogP contribution in [0, 0.1) is 12.3 Å². The maximum atomic E-state index is 13.1. The minimum atomic E-state index is -0.699. The number of nitrogens with zero attached hydrogens (tertiary/aromatic N) is 2. The number of amides is 4. The lowest BCUT2D eigenvalue weighted by molar-refractivity contribution is -0.125. The SMILES string of the molecule is C#Cc1ccc(NC(=O)N2CC(OC)CC2C(=O)Nc2ccc(N3CCOCC3=O)cc2)cc1. The van der Waals surface area contributed by atoms with Crippen molar-refractivity contribution in [2.75, 3.05) is 48.9 Å². The van der Waals surface area contributed by atoms with Gasteiger partial charge in [0.2, 0.25) is 5.91 Å². The molecule has 9 heteroatoms. The number of anilines is 3. The van der Waals surface area contributed by atoms with Crippen LogP contribution in [0.4, 0.5) is 21.9 Å². The number of benzene rings is 2. The Bertz CT molecular complexity index is 1090. The van der Waals surface area contributed by atoms with Gasteiger partial charge in [0.25, 0.3) is 5.91 Å². The molecular formula is C25H26N4O5. The number of urea groups is 1. The first kappa shape index (κ1) is 23.3. The Kier molecular flexibility index (Phi) is 7.11. The van der Waals surface area contributed by atoms with Crippen molar-refractivity contribution in [2.45, 2.75) is 18.6 Å². The Morgan fingerprint density at radius 2 is 1.76 bits per heavy atom. The summed E-state index contributed by atoms with van der Waals surface area (Å²) in [5, 5.41) is 5.68. The molecular weight excluding hydrogens is 436 g/mol. The Labute approximate surface area is 198 Å². The van der Waals surface area contributed by atoms with Gasteiger partial charge in [-0.15, -0.1) is 6.42 Å². The molecule has 2 atom stereocenters. The van der Waals surface area contributed by atoms with E-state index in [1.807, 2.05) is 0 Å². The lowest BCUT2D eigenvalue weighted by Crippen LogP contribution is -2.45. The topological polar surface area (TPSA) is 100 Å². The molecule has 2 aliphatic heterocycles. The van der Waals surface area contributed by atoms with Gasteiger partial charge in [0.1, 0.15) is 12.6 Å². The summed E-state index contributed by atoms with van der Waals surface area (Å²) in [6.45, 7) is 1.33. The Hall–Kier alpha value is -3.87. The van der Waals surface area contributed by atoms with Crippen LogP contribution in [-0.2, 0) is 19.1 Å². The molecule has 2 unspecified atom stereocenters. The second-order valence-corrected chi connectivity index (χ2v) is 8.05. The Morgan fingerprint density at radius 1 is 1.09 bits per heavy atom. The molecule has 2 heterocycles. The third-order valence-corrected chi connectivity index (χ3v) is 5.89. The molecule has 0 aliphatic carbocycles. The molecule has 2 fully saturated rings. The van der Waals surface area contributed by atoms with Crippen LogP contribution in [0.2, 0.25) is 0 Å². The fourth-order valence-corrected chi connectivity index (χ4v) is 4.03. The van der Waals surface area contributed by atoms with Gasteiger partial charge in [-0.3, -0.25) is 9.59 Å². The molecule has 0 spiro atoms. The largest absolute Gasteiger partial charge is 0.380 e. The molecule has 4 rings (SSSR count). The number of carbonyl (C=O) groups excluding carboxylic acids is 3. The van der Waals surface area contributed by atoms with Crippen LogP contribution in [0.5, 0.6) is 0 Å². The average molecular weight is 463 g/mol. The first-order valence-corrected chi connectivity index (χ1v) is 10.9. The minimum Gasteiger partial charge on any atom is -0.380 e. The highest BCUT2D eigenvalue weighted by Gasteiger charge is 2.40. The summed E-state index contributed by atoms with van der Waals surface area (Å²) >= 11 is 0. The summed E-state index contributed by atoms with van der Waals surface area (Å²) in [6.07, 6.45) is 5.50. The number of nitrogens with one attached hydrogen (secondary N) is 2. The van der Waals surface area contributed by atoms with Gasteiger partial charge in [0.15, 0.2) is 0 Å². The lowest BCUT2D eigenvalue weighted by Gasteiger charge is -2.27. The van der Waals surface area contributed by atoms with Crippen molar-refractivity contribution >= 4 is 34.9 Å².